The maximum absolute atomic E-state index is 12.5. The Morgan fingerprint density at radius 3 is 2.63 bits per heavy atom. The lowest BCUT2D eigenvalue weighted by Crippen LogP contribution is -2.54. The van der Waals surface area contributed by atoms with Gasteiger partial charge in [0.05, 0.1) is 0 Å². The highest BCUT2D eigenvalue weighted by atomic mass is 16.5. The van der Waals surface area contributed by atoms with Crippen molar-refractivity contribution in [2.24, 2.45) is 34.5 Å². The molecule has 4 aliphatic carbocycles. The van der Waals surface area contributed by atoms with Gasteiger partial charge in [0.1, 0.15) is 6.10 Å². The second-order valence-corrected chi connectivity index (χ2v) is 11.3. The topological polar surface area (TPSA) is 43.4 Å². The van der Waals surface area contributed by atoms with Crippen LogP contribution in [0.2, 0.25) is 0 Å². The van der Waals surface area contributed by atoms with Gasteiger partial charge in [-0.15, -0.1) is 0 Å². The van der Waals surface area contributed by atoms with Crippen LogP contribution in [0.3, 0.4) is 0 Å². The summed E-state index contributed by atoms with van der Waals surface area (Å²) in [4.78, 5) is 24.7. The number of ether oxygens (including phenoxy) is 1. The highest BCUT2D eigenvalue weighted by Gasteiger charge is 2.61. The molecular weight excluding hydrogens is 372 g/mol. The molecule has 3 saturated carbocycles. The third-order valence-corrected chi connectivity index (χ3v) is 10.00. The summed E-state index contributed by atoms with van der Waals surface area (Å²) in [7, 11) is 0. The van der Waals surface area contributed by atoms with Crippen molar-refractivity contribution < 1.29 is 14.3 Å². The smallest absolute Gasteiger partial charge is 0.306 e. The van der Waals surface area contributed by atoms with Crippen LogP contribution >= 0.6 is 0 Å². The van der Waals surface area contributed by atoms with Crippen LogP contribution in [0.25, 0.3) is 0 Å². The van der Waals surface area contributed by atoms with E-state index in [0.717, 1.165) is 38.0 Å². The van der Waals surface area contributed by atoms with Crippen molar-refractivity contribution in [3.05, 3.63) is 11.6 Å². The first-order valence-corrected chi connectivity index (χ1v) is 12.7. The molecule has 3 fully saturated rings. The Morgan fingerprint density at radius 2 is 1.87 bits per heavy atom. The summed E-state index contributed by atoms with van der Waals surface area (Å²) in [6.45, 7) is 9.28. The number of allylic oxidation sites excluding steroid dienone is 2. The molecule has 0 radical (unpaired) electrons. The Kier molecular flexibility index (Phi) is 6.21. The van der Waals surface area contributed by atoms with E-state index in [9.17, 15) is 9.59 Å². The fraction of sp³-hybridized carbons (Fsp3) is 0.852. The quantitative estimate of drug-likeness (QED) is 0.361. The molecule has 0 aliphatic heterocycles. The minimum absolute atomic E-state index is 0.0281. The molecule has 4 rings (SSSR count). The van der Waals surface area contributed by atoms with Crippen LogP contribution < -0.4 is 0 Å². The van der Waals surface area contributed by atoms with Gasteiger partial charge >= 0.3 is 5.97 Å². The number of ketones is 1. The number of rotatable bonds is 6. The molecule has 0 saturated heterocycles. The fourth-order valence-electron chi connectivity index (χ4n) is 8.12. The summed E-state index contributed by atoms with van der Waals surface area (Å²) in [5, 5.41) is 0. The van der Waals surface area contributed by atoms with E-state index in [1.807, 2.05) is 6.08 Å². The van der Waals surface area contributed by atoms with Gasteiger partial charge in [-0.3, -0.25) is 9.59 Å². The average Bonchev–Trinajstić information content (AvgIpc) is 3.03. The van der Waals surface area contributed by atoms with Crippen LogP contribution in [-0.2, 0) is 14.3 Å². The Labute approximate surface area is 183 Å². The lowest BCUT2D eigenvalue weighted by atomic mass is 9.45. The van der Waals surface area contributed by atoms with Gasteiger partial charge in [0, 0.05) is 18.3 Å². The van der Waals surface area contributed by atoms with Crippen molar-refractivity contribution in [3.8, 4) is 0 Å². The van der Waals surface area contributed by atoms with Crippen molar-refractivity contribution >= 4 is 11.8 Å². The molecule has 0 spiro atoms. The van der Waals surface area contributed by atoms with Crippen LogP contribution in [0.5, 0.6) is 0 Å². The Bertz CT molecular complexity index is 709. The highest BCUT2D eigenvalue weighted by molar-refractivity contribution is 5.91. The van der Waals surface area contributed by atoms with E-state index < -0.39 is 0 Å². The lowest BCUT2D eigenvalue weighted by molar-refractivity contribution is -0.161. The van der Waals surface area contributed by atoms with Gasteiger partial charge in [-0.05, 0) is 87.0 Å². The molecule has 168 valence electrons. The van der Waals surface area contributed by atoms with Crippen molar-refractivity contribution in [2.75, 3.05) is 0 Å². The standard InChI is InChI=1S/C27H42O3/c1-5-6-7-8-9-25(29)30-24-13-12-22-21-11-10-19-17-20(28)16-18(2)27(19,4)23(21)14-15-26(22,24)3/h16,19,21-24H,5-15,17H2,1-4H3/t19-,21+,22+,23+,24+,26-,27-/m0/s1. The number of carbonyl (C=O) groups is 2. The molecule has 0 aromatic heterocycles. The van der Waals surface area contributed by atoms with Crippen molar-refractivity contribution in [1.82, 2.24) is 0 Å². The van der Waals surface area contributed by atoms with Gasteiger partial charge in [0.25, 0.3) is 0 Å². The molecule has 0 bridgehead atoms. The summed E-state index contributed by atoms with van der Waals surface area (Å²) < 4.78 is 6.12. The van der Waals surface area contributed by atoms with E-state index in [1.165, 1.54) is 44.1 Å². The highest BCUT2D eigenvalue weighted by Crippen LogP contribution is 2.66. The zero-order valence-electron chi connectivity index (χ0n) is 19.7. The fourth-order valence-corrected chi connectivity index (χ4v) is 8.12. The molecule has 0 unspecified atom stereocenters. The monoisotopic (exact) mass is 414 g/mol. The van der Waals surface area contributed by atoms with Gasteiger partial charge in [0.2, 0.25) is 0 Å². The van der Waals surface area contributed by atoms with Crippen LogP contribution in [-0.4, -0.2) is 17.9 Å². The van der Waals surface area contributed by atoms with Gasteiger partial charge in [-0.2, -0.15) is 0 Å². The first-order chi connectivity index (χ1) is 14.3. The predicted octanol–water partition coefficient (Wildman–Crippen LogP) is 6.65. The minimum atomic E-state index is 0.0281. The van der Waals surface area contributed by atoms with E-state index in [1.54, 1.807) is 0 Å². The van der Waals surface area contributed by atoms with E-state index >= 15 is 0 Å². The SMILES string of the molecule is CCCCCCC(=O)O[C@@H]1CC[C@@H]2[C@H]3CC[C@H]4CC(=O)C=C(C)[C@]4(C)[C@@H]3CC[C@@]21C. The van der Waals surface area contributed by atoms with Crippen LogP contribution in [0, 0.1) is 34.5 Å². The van der Waals surface area contributed by atoms with Crippen molar-refractivity contribution in [2.45, 2.75) is 111 Å². The first-order valence-electron chi connectivity index (χ1n) is 12.7. The average molecular weight is 415 g/mol. The molecular formula is C27H42O3. The second-order valence-electron chi connectivity index (χ2n) is 11.3. The Balaban J connectivity index is 1.46. The number of fused-ring (bicyclic) bond motifs is 5. The van der Waals surface area contributed by atoms with E-state index in [4.69, 9.17) is 4.74 Å². The molecule has 4 aliphatic rings. The molecule has 0 amide bonds. The minimum Gasteiger partial charge on any atom is -0.462 e. The van der Waals surface area contributed by atoms with E-state index in [2.05, 4.69) is 27.7 Å². The van der Waals surface area contributed by atoms with E-state index in [-0.39, 0.29) is 22.9 Å². The van der Waals surface area contributed by atoms with Crippen LogP contribution in [0.1, 0.15) is 105 Å². The summed E-state index contributed by atoms with van der Waals surface area (Å²) in [5.74, 6) is 2.95. The predicted molar refractivity (Wildman–Crippen MR) is 120 cm³/mol. The van der Waals surface area contributed by atoms with E-state index in [0.29, 0.717) is 30.0 Å². The number of esters is 1. The summed E-state index contributed by atoms with van der Waals surface area (Å²) in [5.41, 5.74) is 1.66. The number of hydrogen-bond donors (Lipinski definition) is 0. The van der Waals surface area contributed by atoms with Gasteiger partial charge in [-0.25, -0.2) is 0 Å². The second kappa shape index (κ2) is 8.43. The summed E-state index contributed by atoms with van der Waals surface area (Å²) in [6, 6.07) is 0. The van der Waals surface area contributed by atoms with Crippen LogP contribution in [0.15, 0.2) is 11.6 Å². The molecule has 0 aromatic rings. The molecule has 30 heavy (non-hydrogen) atoms. The molecule has 7 atom stereocenters. The third-order valence-electron chi connectivity index (χ3n) is 10.00. The maximum Gasteiger partial charge on any atom is 0.306 e. The summed E-state index contributed by atoms with van der Waals surface area (Å²) in [6.07, 6.45) is 15.0. The lowest BCUT2D eigenvalue weighted by Gasteiger charge is -2.60. The van der Waals surface area contributed by atoms with Gasteiger partial charge in [-0.1, -0.05) is 45.6 Å². The number of hydrogen-bond acceptors (Lipinski definition) is 3. The zero-order valence-corrected chi connectivity index (χ0v) is 19.7. The Hall–Kier alpha value is -1.12. The molecule has 0 heterocycles. The van der Waals surface area contributed by atoms with Crippen molar-refractivity contribution in [1.29, 1.82) is 0 Å². The molecule has 0 N–H and O–H groups in total. The maximum atomic E-state index is 12.5. The zero-order chi connectivity index (χ0) is 21.5. The van der Waals surface area contributed by atoms with Crippen LogP contribution in [0.4, 0.5) is 0 Å². The number of carbonyl (C=O) groups excluding carboxylic acids is 2. The number of unbranched alkanes of at least 4 members (excludes halogenated alkanes) is 3. The Morgan fingerprint density at radius 1 is 1.07 bits per heavy atom. The normalized spacial score (nSPS) is 42.7. The molecule has 0 aromatic carbocycles. The van der Waals surface area contributed by atoms with Gasteiger partial charge in [0.15, 0.2) is 5.78 Å². The molecule has 3 nitrogen and oxygen atoms in total. The first kappa shape index (κ1) is 22.1. The van der Waals surface area contributed by atoms with Crippen molar-refractivity contribution in [3.63, 3.8) is 0 Å². The molecule has 3 heteroatoms. The summed E-state index contributed by atoms with van der Waals surface area (Å²) >= 11 is 0. The van der Waals surface area contributed by atoms with Gasteiger partial charge < -0.3 is 4.74 Å². The third kappa shape index (κ3) is 3.58. The largest absolute Gasteiger partial charge is 0.462 e.